The van der Waals surface area contributed by atoms with Crippen LogP contribution in [0.4, 0.5) is 34.6 Å². The Hall–Kier alpha value is -3.42. The van der Waals surface area contributed by atoms with Crippen LogP contribution in [-0.2, 0) is 0 Å². The van der Waals surface area contributed by atoms with Gasteiger partial charge in [0.25, 0.3) is 5.91 Å². The molecule has 0 spiro atoms. The van der Waals surface area contributed by atoms with E-state index >= 15 is 0 Å². The first kappa shape index (κ1) is 17.4. The molecule has 0 aliphatic rings. The maximum Gasteiger partial charge on any atom is 0.274 e. The second-order valence-electron chi connectivity index (χ2n) is 5.23. The van der Waals surface area contributed by atoms with Crippen LogP contribution in [0.3, 0.4) is 0 Å². The first-order chi connectivity index (χ1) is 12.4. The number of nitrogens with one attached hydrogen (secondary N) is 2. The molecule has 132 valence electrons. The summed E-state index contributed by atoms with van der Waals surface area (Å²) in [6.45, 7) is 0. The highest BCUT2D eigenvalue weighted by Gasteiger charge is 2.12. The normalized spacial score (nSPS) is 10.5. The molecule has 1 heterocycles. The molecule has 0 saturated carbocycles. The van der Waals surface area contributed by atoms with Crippen molar-refractivity contribution < 1.29 is 22.4 Å². The minimum Gasteiger partial charge on any atom is -0.349 e. The summed E-state index contributed by atoms with van der Waals surface area (Å²) in [6.07, 6.45) is 1.20. The van der Waals surface area contributed by atoms with Crippen molar-refractivity contribution in [3.63, 3.8) is 0 Å². The largest absolute Gasteiger partial charge is 0.349 e. The van der Waals surface area contributed by atoms with Crippen molar-refractivity contribution in [2.45, 2.75) is 0 Å². The number of halogens is 4. The summed E-state index contributed by atoms with van der Waals surface area (Å²) in [5.41, 5.74) is -0.361. The van der Waals surface area contributed by atoms with Gasteiger partial charge in [0, 0.05) is 6.07 Å². The van der Waals surface area contributed by atoms with E-state index in [-0.39, 0.29) is 22.8 Å². The molecule has 3 rings (SSSR count). The van der Waals surface area contributed by atoms with E-state index in [9.17, 15) is 22.4 Å². The Labute approximate surface area is 145 Å². The summed E-state index contributed by atoms with van der Waals surface area (Å²) in [4.78, 5) is 15.9. The molecule has 2 aromatic carbocycles. The van der Waals surface area contributed by atoms with Gasteiger partial charge in [-0.2, -0.15) is 0 Å². The molecule has 1 amide bonds. The molecular weight excluding hydrogens is 350 g/mol. The van der Waals surface area contributed by atoms with Gasteiger partial charge in [-0.3, -0.25) is 4.79 Å². The lowest BCUT2D eigenvalue weighted by molar-refractivity contribution is 0.102. The van der Waals surface area contributed by atoms with Crippen molar-refractivity contribution in [3.05, 3.63) is 83.7 Å². The summed E-state index contributed by atoms with van der Waals surface area (Å²) in [5, 5.41) is 4.78. The average Bonchev–Trinajstić information content (AvgIpc) is 2.61. The van der Waals surface area contributed by atoms with Gasteiger partial charge in [-0.25, -0.2) is 22.5 Å². The maximum absolute atomic E-state index is 13.6. The van der Waals surface area contributed by atoms with Crippen LogP contribution in [0.1, 0.15) is 10.5 Å². The zero-order valence-corrected chi connectivity index (χ0v) is 13.1. The van der Waals surface area contributed by atoms with E-state index in [4.69, 9.17) is 0 Å². The standard InChI is InChI=1S/C18H11F4N3O/c19-10-4-6-15(14(22)8-10)25-18(26)16-7-5-11(9-23-16)24-17-12(20)2-1-3-13(17)21/h1-9,24H,(H,25,26). The minimum absolute atomic E-state index is 0.0618. The van der Waals surface area contributed by atoms with E-state index in [2.05, 4.69) is 15.6 Å². The Balaban J connectivity index is 1.74. The molecule has 0 radical (unpaired) electrons. The molecule has 0 aliphatic heterocycles. The summed E-state index contributed by atoms with van der Waals surface area (Å²) in [5.74, 6) is -3.97. The first-order valence-corrected chi connectivity index (χ1v) is 7.37. The molecule has 0 fully saturated rings. The van der Waals surface area contributed by atoms with Gasteiger partial charge in [0.1, 0.15) is 34.7 Å². The fourth-order valence-electron chi connectivity index (χ4n) is 2.14. The number of carbonyl (C=O) groups is 1. The predicted octanol–water partition coefficient (Wildman–Crippen LogP) is 4.63. The summed E-state index contributed by atoms with van der Waals surface area (Å²) < 4.78 is 53.6. The van der Waals surface area contributed by atoms with E-state index in [1.165, 1.54) is 24.4 Å². The lowest BCUT2D eigenvalue weighted by Gasteiger charge is -2.09. The van der Waals surface area contributed by atoms with Gasteiger partial charge in [-0.15, -0.1) is 0 Å². The number of benzene rings is 2. The van der Waals surface area contributed by atoms with E-state index in [1.54, 1.807) is 0 Å². The molecule has 0 atom stereocenters. The van der Waals surface area contributed by atoms with Gasteiger partial charge >= 0.3 is 0 Å². The Morgan fingerprint density at radius 1 is 0.885 bits per heavy atom. The smallest absolute Gasteiger partial charge is 0.274 e. The molecular formula is C18H11F4N3O. The van der Waals surface area contributed by atoms with Crippen molar-refractivity contribution in [1.29, 1.82) is 0 Å². The first-order valence-electron chi connectivity index (χ1n) is 7.37. The van der Waals surface area contributed by atoms with Crippen LogP contribution in [-0.4, -0.2) is 10.9 Å². The summed E-state index contributed by atoms with van der Waals surface area (Å²) in [6, 6.07) is 8.82. The van der Waals surface area contributed by atoms with Crippen LogP contribution in [0.2, 0.25) is 0 Å². The second-order valence-corrected chi connectivity index (χ2v) is 5.23. The van der Waals surface area contributed by atoms with Gasteiger partial charge in [-0.05, 0) is 36.4 Å². The molecule has 3 aromatic rings. The molecule has 8 heteroatoms. The van der Waals surface area contributed by atoms with E-state index < -0.39 is 29.2 Å². The Morgan fingerprint density at radius 3 is 2.23 bits per heavy atom. The zero-order chi connectivity index (χ0) is 18.7. The number of anilines is 3. The minimum atomic E-state index is -0.924. The van der Waals surface area contributed by atoms with Crippen LogP contribution in [0, 0.1) is 23.3 Å². The van der Waals surface area contributed by atoms with Gasteiger partial charge in [-0.1, -0.05) is 6.07 Å². The van der Waals surface area contributed by atoms with Crippen molar-refractivity contribution >= 4 is 23.0 Å². The van der Waals surface area contributed by atoms with E-state index in [1.807, 2.05) is 0 Å². The SMILES string of the molecule is O=C(Nc1ccc(F)cc1F)c1ccc(Nc2c(F)cccc2F)cn1. The molecule has 0 saturated heterocycles. The number of nitrogens with zero attached hydrogens (tertiary/aromatic N) is 1. The van der Waals surface area contributed by atoms with Gasteiger partial charge < -0.3 is 10.6 Å². The molecule has 26 heavy (non-hydrogen) atoms. The highest BCUT2D eigenvalue weighted by Crippen LogP contribution is 2.23. The fraction of sp³-hybridized carbons (Fsp3) is 0. The van der Waals surface area contributed by atoms with Gasteiger partial charge in [0.2, 0.25) is 0 Å². The van der Waals surface area contributed by atoms with Crippen molar-refractivity contribution in [1.82, 2.24) is 4.98 Å². The Morgan fingerprint density at radius 2 is 1.62 bits per heavy atom. The fourth-order valence-corrected chi connectivity index (χ4v) is 2.14. The van der Waals surface area contributed by atoms with Crippen LogP contribution >= 0.6 is 0 Å². The van der Waals surface area contributed by atoms with Gasteiger partial charge in [0.15, 0.2) is 0 Å². The maximum atomic E-state index is 13.6. The molecule has 0 aliphatic carbocycles. The number of para-hydroxylation sites is 1. The summed E-state index contributed by atoms with van der Waals surface area (Å²) >= 11 is 0. The molecule has 0 unspecified atom stereocenters. The Bertz CT molecular complexity index is 941. The lowest BCUT2D eigenvalue weighted by atomic mass is 10.2. The average molecular weight is 361 g/mol. The number of rotatable bonds is 4. The number of hydrogen-bond acceptors (Lipinski definition) is 3. The number of hydrogen-bond donors (Lipinski definition) is 2. The molecule has 4 nitrogen and oxygen atoms in total. The number of pyridine rings is 1. The van der Waals surface area contributed by atoms with Crippen LogP contribution in [0.5, 0.6) is 0 Å². The number of amides is 1. The molecule has 0 bridgehead atoms. The van der Waals surface area contributed by atoms with Crippen molar-refractivity contribution in [2.75, 3.05) is 10.6 Å². The lowest BCUT2D eigenvalue weighted by Crippen LogP contribution is -2.14. The third kappa shape index (κ3) is 3.80. The second kappa shape index (κ2) is 7.22. The predicted molar refractivity (Wildman–Crippen MR) is 88.2 cm³/mol. The topological polar surface area (TPSA) is 54.0 Å². The monoisotopic (exact) mass is 361 g/mol. The van der Waals surface area contributed by atoms with E-state index in [0.29, 0.717) is 6.07 Å². The van der Waals surface area contributed by atoms with Crippen molar-refractivity contribution in [2.24, 2.45) is 0 Å². The number of carbonyl (C=O) groups excluding carboxylic acids is 1. The quantitative estimate of drug-likeness (QED) is 0.666. The third-order valence-electron chi connectivity index (χ3n) is 3.41. The zero-order valence-electron chi connectivity index (χ0n) is 13.1. The van der Waals surface area contributed by atoms with Crippen LogP contribution < -0.4 is 10.6 Å². The van der Waals surface area contributed by atoms with Crippen LogP contribution in [0.25, 0.3) is 0 Å². The highest BCUT2D eigenvalue weighted by molar-refractivity contribution is 6.03. The molecule has 1 aromatic heterocycles. The van der Waals surface area contributed by atoms with E-state index in [0.717, 1.165) is 24.3 Å². The number of aromatic nitrogens is 1. The summed E-state index contributed by atoms with van der Waals surface area (Å²) in [7, 11) is 0. The van der Waals surface area contributed by atoms with Crippen LogP contribution in [0.15, 0.2) is 54.7 Å². The molecule has 2 N–H and O–H groups in total. The Kier molecular flexibility index (Phi) is 4.83. The van der Waals surface area contributed by atoms with Crippen molar-refractivity contribution in [3.8, 4) is 0 Å². The third-order valence-corrected chi connectivity index (χ3v) is 3.41. The highest BCUT2D eigenvalue weighted by atomic mass is 19.1. The van der Waals surface area contributed by atoms with Gasteiger partial charge in [0.05, 0.1) is 17.6 Å².